The molecule has 2 amide bonds. The molecule has 0 saturated carbocycles. The first-order valence-electron chi connectivity index (χ1n) is 11.4. The number of aromatic nitrogens is 1. The molecule has 186 valence electrons. The Morgan fingerprint density at radius 2 is 2.00 bits per heavy atom. The SMILES string of the molecule is Cc1cc(F)c(CNC(=O)c2cn3c(c(O)c2=O)C(=O)N2C[C@@H]3[C@@]3(CC[C@@H]2C)COCO3)c(F)c1. The van der Waals surface area contributed by atoms with Gasteiger partial charge in [-0.15, -0.1) is 0 Å². The topological polar surface area (TPSA) is 110 Å². The summed E-state index contributed by atoms with van der Waals surface area (Å²) in [5.41, 5.74) is -2.49. The highest BCUT2D eigenvalue weighted by Crippen LogP contribution is 2.44. The zero-order valence-corrected chi connectivity index (χ0v) is 19.3. The summed E-state index contributed by atoms with van der Waals surface area (Å²) in [6.07, 6.45) is 2.42. The fraction of sp³-hybridized carbons (Fsp3) is 0.458. The predicted octanol–water partition coefficient (Wildman–Crippen LogP) is 1.99. The third-order valence-electron chi connectivity index (χ3n) is 7.24. The maximum atomic E-state index is 14.2. The van der Waals surface area contributed by atoms with Crippen molar-refractivity contribution in [2.75, 3.05) is 19.9 Å². The van der Waals surface area contributed by atoms with Gasteiger partial charge in [0.05, 0.1) is 12.6 Å². The molecule has 0 aliphatic carbocycles. The molecule has 1 aromatic heterocycles. The molecule has 3 aliphatic rings. The molecule has 2 fully saturated rings. The number of benzene rings is 1. The third-order valence-corrected chi connectivity index (χ3v) is 7.24. The lowest BCUT2D eigenvalue weighted by molar-refractivity contribution is -0.0477. The molecule has 0 unspecified atom stereocenters. The van der Waals surface area contributed by atoms with Gasteiger partial charge in [0.25, 0.3) is 11.8 Å². The van der Waals surface area contributed by atoms with Crippen LogP contribution >= 0.6 is 0 Å². The van der Waals surface area contributed by atoms with Crippen LogP contribution in [0.5, 0.6) is 5.75 Å². The van der Waals surface area contributed by atoms with Crippen LogP contribution in [0.2, 0.25) is 0 Å². The fourth-order valence-corrected chi connectivity index (χ4v) is 5.22. The summed E-state index contributed by atoms with van der Waals surface area (Å²) in [7, 11) is 0. The van der Waals surface area contributed by atoms with E-state index in [1.807, 2.05) is 6.92 Å². The van der Waals surface area contributed by atoms with Gasteiger partial charge in [0.1, 0.15) is 29.6 Å². The molecule has 1 spiro atoms. The summed E-state index contributed by atoms with van der Waals surface area (Å²) in [6, 6.07) is 1.60. The van der Waals surface area contributed by atoms with E-state index in [0.717, 1.165) is 12.1 Å². The van der Waals surface area contributed by atoms with Gasteiger partial charge < -0.3 is 29.4 Å². The number of carbonyl (C=O) groups is 2. The normalized spacial score (nSPS) is 25.5. The quantitative estimate of drug-likeness (QED) is 0.683. The molecule has 4 heterocycles. The van der Waals surface area contributed by atoms with E-state index in [4.69, 9.17) is 9.47 Å². The number of carbonyl (C=O) groups excluding carboxylic acids is 2. The Morgan fingerprint density at radius 1 is 1.29 bits per heavy atom. The Kier molecular flexibility index (Phi) is 5.64. The minimum atomic E-state index is -1.04. The molecule has 2 aromatic rings. The summed E-state index contributed by atoms with van der Waals surface area (Å²) < 4.78 is 41.3. The van der Waals surface area contributed by atoms with E-state index in [1.165, 1.54) is 17.7 Å². The highest BCUT2D eigenvalue weighted by atomic mass is 19.1. The number of rotatable bonds is 3. The highest BCUT2D eigenvalue weighted by Gasteiger charge is 2.52. The number of halogens is 2. The Balaban J connectivity index is 1.54. The van der Waals surface area contributed by atoms with Crippen LogP contribution in [-0.2, 0) is 16.0 Å². The largest absolute Gasteiger partial charge is 0.503 e. The number of nitrogens with one attached hydrogen (secondary N) is 1. The van der Waals surface area contributed by atoms with Gasteiger partial charge in [0.2, 0.25) is 5.43 Å². The molecule has 2 saturated heterocycles. The molecule has 35 heavy (non-hydrogen) atoms. The second-order valence-corrected chi connectivity index (χ2v) is 9.40. The van der Waals surface area contributed by atoms with Crippen molar-refractivity contribution in [3.63, 3.8) is 0 Å². The second-order valence-electron chi connectivity index (χ2n) is 9.40. The molecule has 0 radical (unpaired) electrons. The van der Waals surface area contributed by atoms with Crippen LogP contribution < -0.4 is 10.7 Å². The first-order chi connectivity index (χ1) is 16.6. The van der Waals surface area contributed by atoms with Crippen molar-refractivity contribution in [1.29, 1.82) is 0 Å². The molecule has 3 aliphatic heterocycles. The minimum absolute atomic E-state index is 0.0708. The molecule has 2 N–H and O–H groups in total. The van der Waals surface area contributed by atoms with Crippen LogP contribution in [0.1, 0.15) is 57.8 Å². The van der Waals surface area contributed by atoms with E-state index < -0.39 is 58.4 Å². The van der Waals surface area contributed by atoms with Gasteiger partial charge in [-0.05, 0) is 44.4 Å². The summed E-state index contributed by atoms with van der Waals surface area (Å²) in [6.45, 7) is 3.49. The van der Waals surface area contributed by atoms with Gasteiger partial charge in [-0.25, -0.2) is 8.78 Å². The predicted molar refractivity (Wildman–Crippen MR) is 118 cm³/mol. The van der Waals surface area contributed by atoms with E-state index in [-0.39, 0.29) is 37.2 Å². The summed E-state index contributed by atoms with van der Waals surface area (Å²) >= 11 is 0. The number of hydrogen-bond donors (Lipinski definition) is 2. The number of hydrogen-bond acceptors (Lipinski definition) is 6. The van der Waals surface area contributed by atoms with Crippen molar-refractivity contribution in [3.05, 3.63) is 62.6 Å². The number of ether oxygens (including phenoxy) is 2. The van der Waals surface area contributed by atoms with Gasteiger partial charge in [-0.3, -0.25) is 14.4 Å². The van der Waals surface area contributed by atoms with Gasteiger partial charge in [-0.1, -0.05) is 0 Å². The van der Waals surface area contributed by atoms with Crippen molar-refractivity contribution in [1.82, 2.24) is 14.8 Å². The van der Waals surface area contributed by atoms with Gasteiger partial charge in [0.15, 0.2) is 11.4 Å². The number of aromatic hydroxyl groups is 1. The van der Waals surface area contributed by atoms with E-state index in [2.05, 4.69) is 5.32 Å². The van der Waals surface area contributed by atoms with Crippen LogP contribution in [0.15, 0.2) is 23.1 Å². The zero-order valence-electron chi connectivity index (χ0n) is 19.3. The zero-order chi connectivity index (χ0) is 25.1. The monoisotopic (exact) mass is 489 g/mol. The summed E-state index contributed by atoms with van der Waals surface area (Å²) in [5.74, 6) is -3.96. The fourth-order valence-electron chi connectivity index (χ4n) is 5.22. The van der Waals surface area contributed by atoms with Crippen molar-refractivity contribution in [2.45, 2.75) is 50.9 Å². The maximum Gasteiger partial charge on any atom is 0.274 e. The first-order valence-corrected chi connectivity index (χ1v) is 11.4. The summed E-state index contributed by atoms with van der Waals surface area (Å²) in [4.78, 5) is 40.6. The average Bonchev–Trinajstić information content (AvgIpc) is 3.24. The van der Waals surface area contributed by atoms with Crippen LogP contribution in [0.25, 0.3) is 0 Å². The average molecular weight is 489 g/mol. The van der Waals surface area contributed by atoms with Gasteiger partial charge in [-0.2, -0.15) is 0 Å². The Morgan fingerprint density at radius 3 is 2.66 bits per heavy atom. The number of nitrogens with zero attached hydrogens (tertiary/aromatic N) is 2. The number of fused-ring (bicyclic) bond motifs is 5. The van der Waals surface area contributed by atoms with E-state index >= 15 is 0 Å². The van der Waals surface area contributed by atoms with Gasteiger partial charge in [0, 0.05) is 30.9 Å². The lowest BCUT2D eigenvalue weighted by Gasteiger charge is -2.42. The van der Waals surface area contributed by atoms with Crippen LogP contribution in [0, 0.1) is 18.6 Å². The molecule has 11 heteroatoms. The first kappa shape index (κ1) is 23.4. The van der Waals surface area contributed by atoms with Crippen LogP contribution in [0.4, 0.5) is 8.78 Å². The number of amides is 2. The molecule has 3 atom stereocenters. The molecule has 5 rings (SSSR count). The minimum Gasteiger partial charge on any atom is -0.503 e. The van der Waals surface area contributed by atoms with Crippen molar-refractivity contribution in [2.24, 2.45) is 0 Å². The number of pyridine rings is 1. The van der Waals surface area contributed by atoms with E-state index in [1.54, 1.807) is 4.90 Å². The summed E-state index contributed by atoms with van der Waals surface area (Å²) in [5, 5.41) is 13.1. The molecule has 1 aromatic carbocycles. The smallest absolute Gasteiger partial charge is 0.274 e. The molecular weight excluding hydrogens is 464 g/mol. The van der Waals surface area contributed by atoms with Gasteiger partial charge >= 0.3 is 0 Å². The lowest BCUT2D eigenvalue weighted by Crippen LogP contribution is -2.53. The Labute approximate surface area is 199 Å². The highest BCUT2D eigenvalue weighted by molar-refractivity contribution is 5.99. The standard InChI is InChI=1S/C24H25F2N3O6/c1-12-5-16(25)14(17(26)6-12)7-27-22(32)15-8-29-18-9-28(23(33)19(29)21(31)20(15)30)13(2)3-4-24(18)10-34-11-35-24/h5-6,8,13,18,31H,3-4,7,9-11H2,1-2H3,(H,27,32)/t13-,18+,24+/m0/s1. The number of aryl methyl sites for hydroxylation is 1. The van der Waals surface area contributed by atoms with E-state index in [0.29, 0.717) is 18.4 Å². The molecular formula is C24H25F2N3O6. The van der Waals surface area contributed by atoms with Crippen LogP contribution in [-0.4, -0.2) is 58.0 Å². The molecule has 9 nitrogen and oxygen atoms in total. The third kappa shape index (κ3) is 3.69. The Hall–Kier alpha value is -3.31. The lowest BCUT2D eigenvalue weighted by atomic mass is 9.89. The van der Waals surface area contributed by atoms with Crippen molar-refractivity contribution >= 4 is 11.8 Å². The van der Waals surface area contributed by atoms with Crippen LogP contribution in [0.3, 0.4) is 0 Å². The second kappa shape index (κ2) is 8.42. The van der Waals surface area contributed by atoms with Crippen molar-refractivity contribution in [3.8, 4) is 5.75 Å². The Bertz CT molecular complexity index is 1260. The maximum absolute atomic E-state index is 14.2. The van der Waals surface area contributed by atoms with Crippen molar-refractivity contribution < 1.29 is 33.0 Å². The molecule has 2 bridgehead atoms. The van der Waals surface area contributed by atoms with E-state index in [9.17, 15) is 28.3 Å².